The van der Waals surface area contributed by atoms with E-state index in [0.29, 0.717) is 31.1 Å². The Morgan fingerprint density at radius 1 is 1.17 bits per heavy atom. The summed E-state index contributed by atoms with van der Waals surface area (Å²) in [6.07, 6.45) is 6.31. The summed E-state index contributed by atoms with van der Waals surface area (Å²) in [5.74, 6) is 0.636. The van der Waals surface area contributed by atoms with Gasteiger partial charge in [0.1, 0.15) is 11.8 Å². The monoisotopic (exact) mass is 326 g/mol. The molecule has 2 amide bonds. The van der Waals surface area contributed by atoms with Crippen LogP contribution >= 0.6 is 0 Å². The molecule has 1 N–H and O–H groups in total. The van der Waals surface area contributed by atoms with Gasteiger partial charge in [0.2, 0.25) is 5.91 Å². The van der Waals surface area contributed by atoms with Crippen LogP contribution in [0.1, 0.15) is 54.4 Å². The summed E-state index contributed by atoms with van der Waals surface area (Å²) in [5, 5.41) is 2.76. The number of carbonyl (C=O) groups is 2. The minimum Gasteiger partial charge on any atom is -0.490 e. The van der Waals surface area contributed by atoms with Crippen LogP contribution in [0, 0.1) is 0 Å². The summed E-state index contributed by atoms with van der Waals surface area (Å²) in [6.45, 7) is 4.27. The van der Waals surface area contributed by atoms with Gasteiger partial charge in [0.15, 0.2) is 0 Å². The zero-order chi connectivity index (χ0) is 16.7. The molecule has 1 unspecified atom stereocenters. The van der Waals surface area contributed by atoms with Crippen molar-refractivity contribution in [3.63, 3.8) is 0 Å². The van der Waals surface area contributed by atoms with Crippen molar-refractivity contribution >= 4 is 11.8 Å². The molecule has 1 saturated carbocycles. The Bertz CT molecular complexity index is 707. The van der Waals surface area contributed by atoms with E-state index < -0.39 is 6.04 Å². The number of allylic oxidation sites excluding steroid dienone is 1. The van der Waals surface area contributed by atoms with Crippen LogP contribution in [0.2, 0.25) is 0 Å². The number of ether oxygens (including phenoxy) is 1. The van der Waals surface area contributed by atoms with Crippen LogP contribution < -0.4 is 10.1 Å². The van der Waals surface area contributed by atoms with Gasteiger partial charge in [-0.3, -0.25) is 9.59 Å². The van der Waals surface area contributed by atoms with Gasteiger partial charge >= 0.3 is 0 Å². The van der Waals surface area contributed by atoms with Crippen molar-refractivity contribution < 1.29 is 14.3 Å². The summed E-state index contributed by atoms with van der Waals surface area (Å²) in [4.78, 5) is 26.5. The van der Waals surface area contributed by atoms with Gasteiger partial charge in [0.25, 0.3) is 5.91 Å². The molecular weight excluding hydrogens is 304 g/mol. The van der Waals surface area contributed by atoms with Gasteiger partial charge in [-0.05, 0) is 62.3 Å². The van der Waals surface area contributed by atoms with Gasteiger partial charge in [0.05, 0.1) is 6.10 Å². The highest BCUT2D eigenvalue weighted by atomic mass is 16.5. The maximum absolute atomic E-state index is 12.7. The molecular formula is C19H22N2O3. The highest BCUT2D eigenvalue weighted by Crippen LogP contribution is 2.32. The molecule has 4 rings (SSSR count). The number of benzene rings is 1. The lowest BCUT2D eigenvalue weighted by atomic mass is 10.0. The summed E-state index contributed by atoms with van der Waals surface area (Å²) >= 11 is 0. The first kappa shape index (κ1) is 15.2. The van der Waals surface area contributed by atoms with E-state index in [-0.39, 0.29) is 11.8 Å². The highest BCUT2D eigenvalue weighted by Gasteiger charge is 2.38. The van der Waals surface area contributed by atoms with Crippen molar-refractivity contribution in [3.05, 3.63) is 41.6 Å². The maximum atomic E-state index is 12.7. The van der Waals surface area contributed by atoms with E-state index in [0.717, 1.165) is 29.9 Å². The molecule has 2 heterocycles. The highest BCUT2D eigenvalue weighted by molar-refractivity contribution is 6.01. The first-order valence-electron chi connectivity index (χ1n) is 8.71. The van der Waals surface area contributed by atoms with Crippen LogP contribution in [0.25, 0.3) is 0 Å². The first-order valence-corrected chi connectivity index (χ1v) is 8.71. The maximum Gasteiger partial charge on any atom is 0.255 e. The molecule has 5 heteroatoms. The van der Waals surface area contributed by atoms with Gasteiger partial charge < -0.3 is 15.0 Å². The lowest BCUT2D eigenvalue weighted by Crippen LogP contribution is -2.49. The number of nitrogens with one attached hydrogen (secondary N) is 1. The topological polar surface area (TPSA) is 58.6 Å². The molecule has 1 aliphatic carbocycles. The average molecular weight is 326 g/mol. The third kappa shape index (κ3) is 2.68. The molecule has 0 radical (unpaired) electrons. The molecule has 0 spiro atoms. The molecule has 0 aromatic heterocycles. The fourth-order valence-electron chi connectivity index (χ4n) is 3.90. The number of hydrogen-bond acceptors (Lipinski definition) is 3. The van der Waals surface area contributed by atoms with E-state index in [2.05, 4.69) is 11.9 Å². The fourth-order valence-corrected chi connectivity index (χ4v) is 3.90. The van der Waals surface area contributed by atoms with E-state index in [1.54, 1.807) is 4.90 Å². The van der Waals surface area contributed by atoms with Gasteiger partial charge in [-0.1, -0.05) is 6.58 Å². The van der Waals surface area contributed by atoms with E-state index in [9.17, 15) is 9.59 Å². The predicted molar refractivity (Wildman–Crippen MR) is 89.5 cm³/mol. The van der Waals surface area contributed by atoms with Crippen molar-refractivity contribution in [2.75, 3.05) is 0 Å². The second-order valence-corrected chi connectivity index (χ2v) is 6.92. The number of fused-ring (bicyclic) bond motifs is 1. The molecule has 3 aliphatic rings. The standard InChI is InChI=1S/C19H22N2O3/c1-12-6-9-17(18(22)20-12)21-11-13-10-15(7-8-16(13)19(21)23)24-14-4-2-3-5-14/h7-8,10,14,17H,1-6,9,11H2,(H,20,22). The van der Waals surface area contributed by atoms with Crippen molar-refractivity contribution in [3.8, 4) is 5.75 Å². The second kappa shape index (κ2) is 5.96. The smallest absolute Gasteiger partial charge is 0.255 e. The van der Waals surface area contributed by atoms with Crippen molar-refractivity contribution in [2.45, 2.75) is 57.2 Å². The van der Waals surface area contributed by atoms with Crippen LogP contribution in [0.5, 0.6) is 5.75 Å². The van der Waals surface area contributed by atoms with Gasteiger partial charge in [-0.25, -0.2) is 0 Å². The number of rotatable bonds is 3. The second-order valence-electron chi connectivity index (χ2n) is 6.92. The molecule has 126 valence electrons. The van der Waals surface area contributed by atoms with Crippen LogP contribution in [0.15, 0.2) is 30.5 Å². The molecule has 2 fully saturated rings. The molecule has 1 saturated heterocycles. The van der Waals surface area contributed by atoms with E-state index in [1.807, 2.05) is 18.2 Å². The van der Waals surface area contributed by atoms with Gasteiger partial charge in [0, 0.05) is 17.8 Å². The summed E-state index contributed by atoms with van der Waals surface area (Å²) in [5.41, 5.74) is 2.37. The third-order valence-electron chi connectivity index (χ3n) is 5.21. The van der Waals surface area contributed by atoms with Crippen molar-refractivity contribution in [2.24, 2.45) is 0 Å². The Labute approximate surface area is 141 Å². The zero-order valence-electron chi connectivity index (χ0n) is 13.7. The normalized spacial score (nSPS) is 24.2. The van der Waals surface area contributed by atoms with Crippen LogP contribution in [-0.4, -0.2) is 28.9 Å². The Morgan fingerprint density at radius 2 is 1.96 bits per heavy atom. The predicted octanol–water partition coefficient (Wildman–Crippen LogP) is 2.76. The lowest BCUT2D eigenvalue weighted by molar-refractivity contribution is -0.126. The Morgan fingerprint density at radius 3 is 2.71 bits per heavy atom. The Hall–Kier alpha value is -2.30. The number of hydrogen-bond donors (Lipinski definition) is 1. The van der Waals surface area contributed by atoms with Crippen molar-refractivity contribution in [1.82, 2.24) is 10.2 Å². The van der Waals surface area contributed by atoms with E-state index >= 15 is 0 Å². The SMILES string of the molecule is C=C1CCC(N2Cc3cc(OC4CCCC4)ccc3C2=O)C(=O)N1. The Balaban J connectivity index is 1.51. The quantitative estimate of drug-likeness (QED) is 0.929. The summed E-state index contributed by atoms with van der Waals surface area (Å²) in [7, 11) is 0. The van der Waals surface area contributed by atoms with Gasteiger partial charge in [-0.15, -0.1) is 0 Å². The minimum absolute atomic E-state index is 0.0647. The van der Waals surface area contributed by atoms with Crippen LogP contribution in [-0.2, 0) is 11.3 Å². The lowest BCUT2D eigenvalue weighted by Gasteiger charge is -2.30. The first-order chi connectivity index (χ1) is 11.6. The van der Waals surface area contributed by atoms with E-state index in [4.69, 9.17) is 4.74 Å². The average Bonchev–Trinajstić information content (AvgIpc) is 3.16. The van der Waals surface area contributed by atoms with Crippen molar-refractivity contribution in [1.29, 1.82) is 0 Å². The molecule has 5 nitrogen and oxygen atoms in total. The number of carbonyl (C=O) groups excluding carboxylic acids is 2. The Kier molecular flexibility index (Phi) is 3.79. The summed E-state index contributed by atoms with van der Waals surface area (Å²) in [6, 6.07) is 5.27. The molecule has 1 atom stereocenters. The third-order valence-corrected chi connectivity index (χ3v) is 5.21. The van der Waals surface area contributed by atoms with Gasteiger partial charge in [-0.2, -0.15) is 0 Å². The molecule has 1 aromatic rings. The molecule has 2 aliphatic heterocycles. The molecule has 1 aromatic carbocycles. The fraction of sp³-hybridized carbons (Fsp3) is 0.474. The van der Waals surface area contributed by atoms with Crippen LogP contribution in [0.4, 0.5) is 0 Å². The zero-order valence-corrected chi connectivity index (χ0v) is 13.7. The molecule has 24 heavy (non-hydrogen) atoms. The number of piperidine rings is 1. The van der Waals surface area contributed by atoms with Crippen LogP contribution in [0.3, 0.4) is 0 Å². The number of amides is 2. The minimum atomic E-state index is -0.408. The largest absolute Gasteiger partial charge is 0.490 e. The number of nitrogens with zero attached hydrogens (tertiary/aromatic N) is 1. The van der Waals surface area contributed by atoms with E-state index in [1.165, 1.54) is 12.8 Å². The molecule has 0 bridgehead atoms. The summed E-state index contributed by atoms with van der Waals surface area (Å²) < 4.78 is 6.03.